The van der Waals surface area contributed by atoms with Crippen LogP contribution in [-0.4, -0.2) is 24.3 Å². The summed E-state index contributed by atoms with van der Waals surface area (Å²) in [5, 5.41) is 8.71. The van der Waals surface area contributed by atoms with Crippen molar-refractivity contribution >= 4 is 13.8 Å². The first-order valence-electron chi connectivity index (χ1n) is 5.99. The van der Waals surface area contributed by atoms with Gasteiger partial charge in [-0.2, -0.15) is 0 Å². The fourth-order valence-electron chi connectivity index (χ4n) is 1.18. The fraction of sp³-hybridized carbons (Fsp3) is 0.727. The predicted molar refractivity (Wildman–Crippen MR) is 67.2 cm³/mol. The maximum atomic E-state index is 12.1. The summed E-state index contributed by atoms with van der Waals surface area (Å²) >= 11 is 0. The molecule has 0 saturated heterocycles. The lowest BCUT2D eigenvalue weighted by Gasteiger charge is -2.18. The van der Waals surface area contributed by atoms with E-state index >= 15 is 0 Å². The molecule has 0 aromatic rings. The van der Waals surface area contributed by atoms with Crippen LogP contribution in [0.25, 0.3) is 0 Å². The van der Waals surface area contributed by atoms with Crippen LogP contribution >= 0.6 is 7.82 Å². The highest BCUT2D eigenvalue weighted by molar-refractivity contribution is 7.48. The molecule has 6 nitrogen and oxygen atoms in total. The van der Waals surface area contributed by atoms with Gasteiger partial charge in [-0.3, -0.25) is 9.05 Å². The van der Waals surface area contributed by atoms with E-state index in [-0.39, 0.29) is 19.0 Å². The number of allylic oxidation sites excluding steroid dienone is 1. The second kappa shape index (κ2) is 9.14. The Bertz CT molecular complexity index is 315. The Kier molecular flexibility index (Phi) is 8.71. The van der Waals surface area contributed by atoms with Gasteiger partial charge in [0.05, 0.1) is 19.3 Å². The van der Waals surface area contributed by atoms with E-state index in [2.05, 4.69) is 0 Å². The second-order valence-corrected chi connectivity index (χ2v) is 5.02. The van der Waals surface area contributed by atoms with E-state index in [1.54, 1.807) is 13.8 Å². The zero-order valence-corrected chi connectivity index (χ0v) is 11.9. The van der Waals surface area contributed by atoms with Crippen LogP contribution in [0.15, 0.2) is 11.8 Å². The van der Waals surface area contributed by atoms with Crippen LogP contribution < -0.4 is 0 Å². The molecule has 0 heterocycles. The summed E-state index contributed by atoms with van der Waals surface area (Å²) in [7, 11) is -3.70. The van der Waals surface area contributed by atoms with Crippen LogP contribution in [0.5, 0.6) is 0 Å². The van der Waals surface area contributed by atoms with E-state index in [4.69, 9.17) is 18.7 Å². The second-order valence-electron chi connectivity index (χ2n) is 3.43. The highest BCUT2D eigenvalue weighted by atomic mass is 31.2. The van der Waals surface area contributed by atoms with Crippen molar-refractivity contribution in [1.82, 2.24) is 0 Å². The average Bonchev–Trinajstić information content (AvgIpc) is 2.25. The molecular formula is C11H21O6P. The number of carboxylic acid groups (broad SMARTS) is 1. The summed E-state index contributed by atoms with van der Waals surface area (Å²) in [5.74, 6) is -1.05. The van der Waals surface area contributed by atoms with Gasteiger partial charge in [0, 0.05) is 6.42 Å². The Balaban J connectivity index is 4.79. The Labute approximate surface area is 108 Å². The number of carboxylic acids is 1. The molecule has 0 aromatic heterocycles. The zero-order chi connectivity index (χ0) is 14.0. The van der Waals surface area contributed by atoms with Crippen LogP contribution in [-0.2, 0) is 22.9 Å². The number of phosphoric acid groups is 1. The average molecular weight is 280 g/mol. The largest absolute Gasteiger partial charge is 0.529 e. The van der Waals surface area contributed by atoms with Crippen molar-refractivity contribution in [2.75, 3.05) is 13.2 Å². The monoisotopic (exact) mass is 280 g/mol. The van der Waals surface area contributed by atoms with Crippen molar-refractivity contribution < 1.29 is 28.0 Å². The lowest BCUT2D eigenvalue weighted by atomic mass is 10.2. The van der Waals surface area contributed by atoms with E-state index in [1.807, 2.05) is 6.92 Å². The molecule has 0 aromatic carbocycles. The minimum atomic E-state index is -3.70. The van der Waals surface area contributed by atoms with Crippen molar-refractivity contribution in [3.63, 3.8) is 0 Å². The lowest BCUT2D eigenvalue weighted by molar-refractivity contribution is -0.131. The number of rotatable bonds is 10. The summed E-state index contributed by atoms with van der Waals surface area (Å²) in [6.07, 6.45) is 2.87. The number of aliphatic carboxylic acids is 1. The van der Waals surface area contributed by atoms with Crippen LogP contribution in [0.1, 0.15) is 40.0 Å². The molecule has 0 radical (unpaired) electrons. The first-order valence-corrected chi connectivity index (χ1v) is 7.45. The van der Waals surface area contributed by atoms with Gasteiger partial charge in [-0.1, -0.05) is 13.3 Å². The molecule has 7 heteroatoms. The summed E-state index contributed by atoms with van der Waals surface area (Å²) in [4.78, 5) is 10.6. The third-order valence-electron chi connectivity index (χ3n) is 1.86. The molecule has 0 bridgehead atoms. The Morgan fingerprint density at radius 1 is 1.22 bits per heavy atom. The van der Waals surface area contributed by atoms with Crippen LogP contribution in [0.4, 0.5) is 0 Å². The van der Waals surface area contributed by atoms with Crippen LogP contribution in [0.3, 0.4) is 0 Å². The number of phosphoric ester groups is 1. The van der Waals surface area contributed by atoms with Crippen molar-refractivity contribution in [2.45, 2.75) is 40.0 Å². The summed E-state index contributed by atoms with van der Waals surface area (Å²) < 4.78 is 27.1. The summed E-state index contributed by atoms with van der Waals surface area (Å²) in [6, 6.07) is 0. The number of unbranched alkanes of at least 4 members (excludes halogenated alkanes) is 1. The fourth-order valence-corrected chi connectivity index (χ4v) is 2.43. The zero-order valence-electron chi connectivity index (χ0n) is 11.0. The van der Waals surface area contributed by atoms with Gasteiger partial charge in [-0.05, 0) is 20.3 Å². The molecule has 1 N–H and O–H groups in total. The van der Waals surface area contributed by atoms with Crippen molar-refractivity contribution in [1.29, 1.82) is 0 Å². The molecule has 0 fully saturated rings. The smallest absolute Gasteiger partial charge is 0.478 e. The van der Waals surface area contributed by atoms with Gasteiger partial charge < -0.3 is 9.63 Å². The molecule has 106 valence electrons. The number of carbonyl (C=O) groups is 1. The molecule has 0 aliphatic rings. The molecule has 0 atom stereocenters. The molecule has 0 unspecified atom stereocenters. The highest BCUT2D eigenvalue weighted by Crippen LogP contribution is 2.51. The quantitative estimate of drug-likeness (QED) is 0.375. The Hall–Kier alpha value is -0.840. The minimum Gasteiger partial charge on any atom is -0.478 e. The standard InChI is InChI=1S/C11H21O6P/c1-4-7-8-10(9-11(12)13)17-18(14,15-5-2)16-6-3/h9H,4-8H2,1-3H3,(H,12,13)/b10-9-. The third-order valence-corrected chi connectivity index (χ3v) is 3.47. The number of hydrogen-bond acceptors (Lipinski definition) is 5. The van der Waals surface area contributed by atoms with Gasteiger partial charge in [0.2, 0.25) is 0 Å². The first kappa shape index (κ1) is 17.2. The maximum absolute atomic E-state index is 12.1. The Morgan fingerprint density at radius 3 is 2.17 bits per heavy atom. The van der Waals surface area contributed by atoms with Crippen molar-refractivity contribution in [3.05, 3.63) is 11.8 Å². The summed E-state index contributed by atoms with van der Waals surface area (Å²) in [6.45, 7) is 5.59. The molecular weight excluding hydrogens is 259 g/mol. The van der Waals surface area contributed by atoms with Gasteiger partial charge in [0.1, 0.15) is 5.76 Å². The molecule has 18 heavy (non-hydrogen) atoms. The van der Waals surface area contributed by atoms with Crippen molar-refractivity contribution in [3.8, 4) is 0 Å². The highest BCUT2D eigenvalue weighted by Gasteiger charge is 2.28. The molecule has 0 saturated carbocycles. The minimum absolute atomic E-state index is 0.106. The van der Waals surface area contributed by atoms with E-state index in [9.17, 15) is 9.36 Å². The molecule has 0 aliphatic carbocycles. The van der Waals surface area contributed by atoms with E-state index in [0.717, 1.165) is 18.9 Å². The predicted octanol–water partition coefficient (Wildman–Crippen LogP) is 3.34. The van der Waals surface area contributed by atoms with E-state index in [0.29, 0.717) is 6.42 Å². The van der Waals surface area contributed by atoms with Gasteiger partial charge in [-0.15, -0.1) is 0 Å². The topological polar surface area (TPSA) is 82.1 Å². The Morgan fingerprint density at radius 2 is 1.78 bits per heavy atom. The normalized spacial score (nSPS) is 12.5. The van der Waals surface area contributed by atoms with E-state index in [1.165, 1.54) is 0 Å². The van der Waals surface area contributed by atoms with E-state index < -0.39 is 13.8 Å². The van der Waals surface area contributed by atoms with Crippen LogP contribution in [0, 0.1) is 0 Å². The lowest BCUT2D eigenvalue weighted by Crippen LogP contribution is -2.02. The van der Waals surface area contributed by atoms with Crippen LogP contribution in [0.2, 0.25) is 0 Å². The van der Waals surface area contributed by atoms with Crippen molar-refractivity contribution in [2.24, 2.45) is 0 Å². The van der Waals surface area contributed by atoms with Gasteiger partial charge in [-0.25, -0.2) is 9.36 Å². The first-order chi connectivity index (χ1) is 8.47. The number of hydrogen-bond donors (Lipinski definition) is 1. The van der Waals surface area contributed by atoms with Gasteiger partial charge in [0.15, 0.2) is 0 Å². The summed E-state index contributed by atoms with van der Waals surface area (Å²) in [5.41, 5.74) is 0. The third kappa shape index (κ3) is 7.48. The molecule has 0 aliphatic heterocycles. The van der Waals surface area contributed by atoms with Gasteiger partial charge in [0.25, 0.3) is 0 Å². The van der Waals surface area contributed by atoms with Gasteiger partial charge >= 0.3 is 13.8 Å². The maximum Gasteiger partial charge on any atom is 0.529 e. The SMILES string of the molecule is CCCC/C(=C/C(=O)O)OP(=O)(OCC)OCC. The molecule has 0 rings (SSSR count). The molecule has 0 spiro atoms. The molecule has 0 amide bonds.